The zero-order valence-corrected chi connectivity index (χ0v) is 11.5. The van der Waals surface area contributed by atoms with Crippen LogP contribution >= 0.6 is 12.2 Å². The molecule has 2 atom stereocenters. The van der Waals surface area contributed by atoms with Crippen molar-refractivity contribution in [3.05, 3.63) is 30.1 Å². The van der Waals surface area contributed by atoms with Gasteiger partial charge in [-0.25, -0.2) is 0 Å². The van der Waals surface area contributed by atoms with Crippen LogP contribution in [0.4, 0.5) is 0 Å². The van der Waals surface area contributed by atoms with Crippen molar-refractivity contribution in [3.8, 4) is 0 Å². The van der Waals surface area contributed by atoms with Crippen LogP contribution in [0.1, 0.15) is 38.3 Å². The minimum Gasteiger partial charge on any atom is -0.393 e. The van der Waals surface area contributed by atoms with Gasteiger partial charge in [-0.3, -0.25) is 9.78 Å². The fourth-order valence-electron chi connectivity index (χ4n) is 1.74. The van der Waals surface area contributed by atoms with E-state index in [1.807, 2.05) is 26.0 Å². The molecule has 0 saturated heterocycles. The molecule has 0 radical (unpaired) electrons. The van der Waals surface area contributed by atoms with Crippen molar-refractivity contribution >= 4 is 23.1 Å². The Bertz CT molecular complexity index is 408. The average Bonchev–Trinajstić information content (AvgIpc) is 2.36. The third-order valence-corrected chi connectivity index (χ3v) is 3.09. The van der Waals surface area contributed by atoms with E-state index in [2.05, 4.69) is 10.3 Å². The zero-order valence-electron chi connectivity index (χ0n) is 10.7. The van der Waals surface area contributed by atoms with Crippen molar-refractivity contribution in [1.82, 2.24) is 10.3 Å². The Morgan fingerprint density at radius 1 is 1.50 bits per heavy atom. The van der Waals surface area contributed by atoms with Gasteiger partial charge in [0.15, 0.2) is 0 Å². The lowest BCUT2D eigenvalue weighted by atomic mass is 10.0. The predicted octanol–water partition coefficient (Wildman–Crippen LogP) is 1.96. The number of amides is 1. The van der Waals surface area contributed by atoms with Gasteiger partial charge >= 0.3 is 0 Å². The molecule has 5 heteroatoms. The maximum absolute atomic E-state index is 12.1. The number of pyridine rings is 1. The summed E-state index contributed by atoms with van der Waals surface area (Å²) in [7, 11) is 0. The van der Waals surface area contributed by atoms with Crippen LogP contribution in [0, 0.1) is 5.92 Å². The van der Waals surface area contributed by atoms with E-state index in [1.54, 1.807) is 12.4 Å². The number of hydrogen-bond acceptors (Lipinski definition) is 3. The number of rotatable bonds is 6. The highest BCUT2D eigenvalue weighted by Gasteiger charge is 2.22. The Morgan fingerprint density at radius 3 is 2.61 bits per heavy atom. The summed E-state index contributed by atoms with van der Waals surface area (Å²) in [6, 6.07) is 3.68. The molecule has 1 rings (SSSR count). The van der Waals surface area contributed by atoms with Crippen LogP contribution in [-0.2, 0) is 4.79 Å². The number of nitrogens with zero attached hydrogens (tertiary/aromatic N) is 1. The van der Waals surface area contributed by atoms with Crippen molar-refractivity contribution in [2.75, 3.05) is 0 Å². The molecule has 0 saturated carbocycles. The van der Waals surface area contributed by atoms with E-state index >= 15 is 0 Å². The molecule has 3 N–H and O–H groups in total. The van der Waals surface area contributed by atoms with Gasteiger partial charge in [-0.2, -0.15) is 0 Å². The molecule has 0 aliphatic heterocycles. The first-order valence-electron chi connectivity index (χ1n) is 6.05. The van der Waals surface area contributed by atoms with Crippen LogP contribution in [0.15, 0.2) is 24.5 Å². The summed E-state index contributed by atoms with van der Waals surface area (Å²) in [4.78, 5) is 16.3. The van der Waals surface area contributed by atoms with Gasteiger partial charge in [-0.15, -0.1) is 0 Å². The smallest absolute Gasteiger partial charge is 0.230 e. The van der Waals surface area contributed by atoms with E-state index in [0.29, 0.717) is 6.42 Å². The summed E-state index contributed by atoms with van der Waals surface area (Å²) in [5, 5.41) is 2.93. The molecule has 1 aromatic rings. The second kappa shape index (κ2) is 7.06. The second-order valence-corrected chi connectivity index (χ2v) is 4.73. The molecule has 2 unspecified atom stereocenters. The van der Waals surface area contributed by atoms with Crippen LogP contribution in [0.25, 0.3) is 0 Å². The van der Waals surface area contributed by atoms with E-state index in [-0.39, 0.29) is 22.9 Å². The highest BCUT2D eigenvalue weighted by Crippen LogP contribution is 2.13. The number of aromatic nitrogens is 1. The topological polar surface area (TPSA) is 68.0 Å². The SMILES string of the molecule is CCCC(C(=O)NC(C)c1ccncc1)C(N)=S. The molecule has 0 aliphatic rings. The van der Waals surface area contributed by atoms with Crippen molar-refractivity contribution in [1.29, 1.82) is 0 Å². The van der Waals surface area contributed by atoms with E-state index in [1.165, 1.54) is 0 Å². The first-order chi connectivity index (χ1) is 8.56. The number of nitrogens with two attached hydrogens (primary N) is 1. The van der Waals surface area contributed by atoms with Crippen LogP contribution in [-0.4, -0.2) is 15.9 Å². The third kappa shape index (κ3) is 4.07. The lowest BCUT2D eigenvalue weighted by Crippen LogP contribution is -2.39. The predicted molar refractivity (Wildman–Crippen MR) is 76.0 cm³/mol. The third-order valence-electron chi connectivity index (χ3n) is 2.80. The number of carbonyl (C=O) groups excluding carboxylic acids is 1. The van der Waals surface area contributed by atoms with Gasteiger partial charge in [0.1, 0.15) is 0 Å². The first kappa shape index (κ1) is 14.6. The van der Waals surface area contributed by atoms with Gasteiger partial charge in [0.05, 0.1) is 16.9 Å². The molecule has 1 heterocycles. The standard InChI is InChI=1S/C13H19N3OS/c1-3-4-11(12(14)18)13(17)16-9(2)10-5-7-15-8-6-10/h5-9,11H,3-4H2,1-2H3,(H2,14,18)(H,16,17). The second-order valence-electron chi connectivity index (χ2n) is 4.25. The highest BCUT2D eigenvalue weighted by atomic mass is 32.1. The molecule has 0 fully saturated rings. The summed E-state index contributed by atoms with van der Waals surface area (Å²) in [6.07, 6.45) is 4.97. The van der Waals surface area contributed by atoms with E-state index in [9.17, 15) is 4.79 Å². The van der Waals surface area contributed by atoms with Gasteiger partial charge in [0.25, 0.3) is 0 Å². The molecule has 18 heavy (non-hydrogen) atoms. The fourth-order valence-corrected chi connectivity index (χ4v) is 1.97. The van der Waals surface area contributed by atoms with Gasteiger partial charge in [0.2, 0.25) is 5.91 Å². The van der Waals surface area contributed by atoms with Crippen LogP contribution in [0.5, 0.6) is 0 Å². The van der Waals surface area contributed by atoms with Gasteiger partial charge < -0.3 is 11.1 Å². The minimum absolute atomic E-state index is 0.0748. The van der Waals surface area contributed by atoms with Crippen molar-refractivity contribution in [3.63, 3.8) is 0 Å². The summed E-state index contributed by atoms with van der Waals surface area (Å²) < 4.78 is 0. The van der Waals surface area contributed by atoms with Gasteiger partial charge in [0, 0.05) is 12.4 Å². The molecular formula is C13H19N3OS. The summed E-state index contributed by atoms with van der Waals surface area (Å²) >= 11 is 4.94. The monoisotopic (exact) mass is 265 g/mol. The molecule has 98 valence electrons. The quantitative estimate of drug-likeness (QED) is 0.772. The maximum atomic E-state index is 12.1. The minimum atomic E-state index is -0.380. The largest absolute Gasteiger partial charge is 0.393 e. The molecule has 0 aliphatic carbocycles. The van der Waals surface area contributed by atoms with Gasteiger partial charge in [-0.1, -0.05) is 25.6 Å². The van der Waals surface area contributed by atoms with Crippen LogP contribution < -0.4 is 11.1 Å². The maximum Gasteiger partial charge on any atom is 0.230 e. The number of hydrogen-bond donors (Lipinski definition) is 2. The Morgan fingerprint density at radius 2 is 2.11 bits per heavy atom. The molecular weight excluding hydrogens is 246 g/mol. The van der Waals surface area contributed by atoms with Crippen LogP contribution in [0.3, 0.4) is 0 Å². The van der Waals surface area contributed by atoms with E-state index < -0.39 is 0 Å². The lowest BCUT2D eigenvalue weighted by molar-refractivity contribution is -0.123. The Hall–Kier alpha value is -1.49. The fraction of sp³-hybridized carbons (Fsp3) is 0.462. The molecule has 1 amide bonds. The lowest BCUT2D eigenvalue weighted by Gasteiger charge is -2.19. The Balaban J connectivity index is 2.66. The summed E-state index contributed by atoms with van der Waals surface area (Å²) in [5.74, 6) is -0.483. The zero-order chi connectivity index (χ0) is 13.5. The molecule has 0 aromatic carbocycles. The van der Waals surface area contributed by atoms with Crippen molar-refractivity contribution in [2.24, 2.45) is 11.7 Å². The first-order valence-corrected chi connectivity index (χ1v) is 6.46. The Labute approximate surface area is 113 Å². The van der Waals surface area contributed by atoms with Crippen molar-refractivity contribution in [2.45, 2.75) is 32.7 Å². The van der Waals surface area contributed by atoms with E-state index in [4.69, 9.17) is 18.0 Å². The summed E-state index contributed by atoms with van der Waals surface area (Å²) in [5.41, 5.74) is 6.61. The summed E-state index contributed by atoms with van der Waals surface area (Å²) in [6.45, 7) is 3.93. The average molecular weight is 265 g/mol. The highest BCUT2D eigenvalue weighted by molar-refractivity contribution is 7.80. The molecule has 0 spiro atoms. The molecule has 0 bridgehead atoms. The number of carbonyl (C=O) groups is 1. The van der Waals surface area contributed by atoms with Crippen molar-refractivity contribution < 1.29 is 4.79 Å². The Kier molecular flexibility index (Phi) is 5.71. The number of nitrogens with one attached hydrogen (secondary N) is 1. The molecule has 4 nitrogen and oxygen atoms in total. The van der Waals surface area contributed by atoms with Crippen LogP contribution in [0.2, 0.25) is 0 Å². The molecule has 1 aromatic heterocycles. The normalized spacial score (nSPS) is 13.7. The number of thiocarbonyl (C=S) groups is 1. The van der Waals surface area contributed by atoms with Gasteiger partial charge in [-0.05, 0) is 31.0 Å². The van der Waals surface area contributed by atoms with E-state index in [0.717, 1.165) is 12.0 Å².